The molecule has 21 heavy (non-hydrogen) atoms. The standard InChI is InChI=1S/C14H20N6O/c15-13-17-14(16)20(18-13)11-3-5-12(6-4-11)21-10-9-19-7-1-2-8-19/h3-6H,1-2,7-10H2,(H4,15,16,17,18). The molecule has 0 amide bonds. The first-order chi connectivity index (χ1) is 10.2. The van der Waals surface area contributed by atoms with E-state index in [0.717, 1.165) is 18.0 Å². The number of nitrogen functional groups attached to an aromatic ring is 2. The summed E-state index contributed by atoms with van der Waals surface area (Å²) in [5.41, 5.74) is 12.1. The molecule has 0 unspecified atom stereocenters. The molecule has 1 aromatic heterocycles. The maximum atomic E-state index is 5.75. The van der Waals surface area contributed by atoms with Gasteiger partial charge in [0.15, 0.2) is 0 Å². The fourth-order valence-corrected chi connectivity index (χ4v) is 2.51. The number of hydrogen-bond acceptors (Lipinski definition) is 6. The summed E-state index contributed by atoms with van der Waals surface area (Å²) in [4.78, 5) is 6.30. The molecule has 3 rings (SSSR count). The van der Waals surface area contributed by atoms with Crippen molar-refractivity contribution in [3.05, 3.63) is 24.3 Å². The summed E-state index contributed by atoms with van der Waals surface area (Å²) >= 11 is 0. The molecule has 1 aliphatic heterocycles. The van der Waals surface area contributed by atoms with E-state index in [-0.39, 0.29) is 11.9 Å². The van der Waals surface area contributed by atoms with Gasteiger partial charge in [0.2, 0.25) is 11.9 Å². The second-order valence-corrected chi connectivity index (χ2v) is 5.13. The van der Waals surface area contributed by atoms with Gasteiger partial charge in [0.05, 0.1) is 5.69 Å². The number of nitrogens with zero attached hydrogens (tertiary/aromatic N) is 4. The number of aromatic nitrogens is 3. The van der Waals surface area contributed by atoms with E-state index < -0.39 is 0 Å². The van der Waals surface area contributed by atoms with Crippen LogP contribution in [0.15, 0.2) is 24.3 Å². The molecule has 7 heteroatoms. The molecule has 1 fully saturated rings. The van der Waals surface area contributed by atoms with E-state index in [0.29, 0.717) is 6.61 Å². The Morgan fingerprint density at radius 1 is 1.10 bits per heavy atom. The molecule has 0 spiro atoms. The third-order valence-electron chi connectivity index (χ3n) is 3.60. The minimum absolute atomic E-state index is 0.165. The van der Waals surface area contributed by atoms with Crippen LogP contribution in [0.2, 0.25) is 0 Å². The average molecular weight is 288 g/mol. The third kappa shape index (κ3) is 3.25. The zero-order valence-electron chi connectivity index (χ0n) is 11.9. The highest BCUT2D eigenvalue weighted by Gasteiger charge is 2.11. The largest absolute Gasteiger partial charge is 0.492 e. The molecule has 2 aromatic rings. The first-order valence-electron chi connectivity index (χ1n) is 7.16. The molecule has 2 heterocycles. The van der Waals surface area contributed by atoms with Crippen molar-refractivity contribution >= 4 is 11.9 Å². The average Bonchev–Trinajstić information content (AvgIpc) is 3.09. The summed E-state index contributed by atoms with van der Waals surface area (Å²) in [6.07, 6.45) is 2.61. The van der Waals surface area contributed by atoms with Gasteiger partial charge in [0, 0.05) is 6.54 Å². The van der Waals surface area contributed by atoms with Crippen molar-refractivity contribution in [1.29, 1.82) is 0 Å². The summed E-state index contributed by atoms with van der Waals surface area (Å²) in [6, 6.07) is 7.57. The lowest BCUT2D eigenvalue weighted by atomic mass is 10.3. The minimum Gasteiger partial charge on any atom is -0.492 e. The zero-order chi connectivity index (χ0) is 14.7. The van der Waals surface area contributed by atoms with Gasteiger partial charge in [-0.3, -0.25) is 4.90 Å². The van der Waals surface area contributed by atoms with E-state index in [1.807, 2.05) is 24.3 Å². The van der Waals surface area contributed by atoms with E-state index in [1.165, 1.54) is 30.6 Å². The van der Waals surface area contributed by atoms with Crippen LogP contribution < -0.4 is 16.2 Å². The van der Waals surface area contributed by atoms with Crippen LogP contribution in [-0.4, -0.2) is 45.9 Å². The summed E-state index contributed by atoms with van der Waals surface area (Å²) in [7, 11) is 0. The highest BCUT2D eigenvalue weighted by atomic mass is 16.5. The Labute approximate surface area is 123 Å². The number of anilines is 2. The Bertz CT molecular complexity index is 588. The Kier molecular flexibility index (Phi) is 3.92. The van der Waals surface area contributed by atoms with E-state index in [9.17, 15) is 0 Å². The van der Waals surface area contributed by atoms with Crippen molar-refractivity contribution in [3.8, 4) is 11.4 Å². The van der Waals surface area contributed by atoms with Gasteiger partial charge in [-0.25, -0.2) is 0 Å². The fraction of sp³-hybridized carbons (Fsp3) is 0.429. The van der Waals surface area contributed by atoms with Gasteiger partial charge in [-0.15, -0.1) is 5.10 Å². The summed E-state index contributed by atoms with van der Waals surface area (Å²) in [6.45, 7) is 4.07. The molecular formula is C14H20N6O. The topological polar surface area (TPSA) is 95.2 Å². The van der Waals surface area contributed by atoms with Crippen LogP contribution in [0.25, 0.3) is 5.69 Å². The Hall–Kier alpha value is -2.28. The van der Waals surface area contributed by atoms with Gasteiger partial charge < -0.3 is 16.2 Å². The lowest BCUT2D eigenvalue weighted by Crippen LogP contribution is -2.25. The van der Waals surface area contributed by atoms with Crippen LogP contribution in [0, 0.1) is 0 Å². The SMILES string of the molecule is Nc1nc(N)n(-c2ccc(OCCN3CCCC3)cc2)n1. The molecule has 4 N–H and O–H groups in total. The Balaban J connectivity index is 1.57. The summed E-state index contributed by atoms with van der Waals surface area (Å²) < 4.78 is 7.25. The van der Waals surface area contributed by atoms with Crippen molar-refractivity contribution in [2.45, 2.75) is 12.8 Å². The molecular weight excluding hydrogens is 268 g/mol. The van der Waals surface area contributed by atoms with E-state index in [1.54, 1.807) is 0 Å². The lowest BCUT2D eigenvalue weighted by Gasteiger charge is -2.15. The van der Waals surface area contributed by atoms with E-state index in [2.05, 4.69) is 15.0 Å². The van der Waals surface area contributed by atoms with Gasteiger partial charge in [0.1, 0.15) is 12.4 Å². The number of ether oxygens (including phenoxy) is 1. The van der Waals surface area contributed by atoms with Crippen LogP contribution in [0.3, 0.4) is 0 Å². The minimum atomic E-state index is 0.165. The maximum absolute atomic E-state index is 5.75. The van der Waals surface area contributed by atoms with Crippen molar-refractivity contribution in [3.63, 3.8) is 0 Å². The maximum Gasteiger partial charge on any atom is 0.241 e. The molecule has 1 aromatic carbocycles. The van der Waals surface area contributed by atoms with Crippen LogP contribution in [0.4, 0.5) is 11.9 Å². The molecule has 0 atom stereocenters. The summed E-state index contributed by atoms with van der Waals surface area (Å²) in [5.74, 6) is 1.28. The molecule has 0 saturated carbocycles. The molecule has 7 nitrogen and oxygen atoms in total. The smallest absolute Gasteiger partial charge is 0.241 e. The molecule has 0 bridgehead atoms. The number of rotatable bonds is 5. The first kappa shape index (κ1) is 13.7. The first-order valence-corrected chi connectivity index (χ1v) is 7.16. The van der Waals surface area contributed by atoms with Crippen molar-refractivity contribution in [1.82, 2.24) is 19.7 Å². The highest BCUT2D eigenvalue weighted by Crippen LogP contribution is 2.17. The number of nitrogens with two attached hydrogens (primary N) is 2. The Morgan fingerprint density at radius 2 is 1.81 bits per heavy atom. The molecule has 112 valence electrons. The third-order valence-corrected chi connectivity index (χ3v) is 3.60. The van der Waals surface area contributed by atoms with Crippen molar-refractivity contribution < 1.29 is 4.74 Å². The van der Waals surface area contributed by atoms with Crippen LogP contribution >= 0.6 is 0 Å². The van der Waals surface area contributed by atoms with Gasteiger partial charge in [0.25, 0.3) is 0 Å². The summed E-state index contributed by atoms with van der Waals surface area (Å²) in [5, 5.41) is 4.04. The quantitative estimate of drug-likeness (QED) is 0.849. The molecule has 0 radical (unpaired) electrons. The highest BCUT2D eigenvalue weighted by molar-refractivity contribution is 5.42. The van der Waals surface area contributed by atoms with Crippen LogP contribution in [-0.2, 0) is 0 Å². The number of hydrogen-bond donors (Lipinski definition) is 2. The molecule has 0 aliphatic carbocycles. The van der Waals surface area contributed by atoms with Gasteiger partial charge >= 0.3 is 0 Å². The molecule has 1 saturated heterocycles. The van der Waals surface area contributed by atoms with Crippen molar-refractivity contribution in [2.24, 2.45) is 0 Å². The zero-order valence-corrected chi connectivity index (χ0v) is 11.9. The Morgan fingerprint density at radius 3 is 2.43 bits per heavy atom. The van der Waals surface area contributed by atoms with Gasteiger partial charge in [-0.2, -0.15) is 9.67 Å². The van der Waals surface area contributed by atoms with Gasteiger partial charge in [-0.1, -0.05) is 0 Å². The van der Waals surface area contributed by atoms with E-state index in [4.69, 9.17) is 16.2 Å². The second-order valence-electron chi connectivity index (χ2n) is 5.13. The predicted octanol–water partition coefficient (Wildman–Crippen LogP) is 0.906. The number of likely N-dealkylation sites (tertiary alicyclic amines) is 1. The second kappa shape index (κ2) is 6.01. The lowest BCUT2D eigenvalue weighted by molar-refractivity contribution is 0.238. The van der Waals surface area contributed by atoms with Crippen LogP contribution in [0.5, 0.6) is 5.75 Å². The predicted molar refractivity (Wildman–Crippen MR) is 81.4 cm³/mol. The monoisotopic (exact) mass is 288 g/mol. The molecule has 1 aliphatic rings. The van der Waals surface area contributed by atoms with E-state index >= 15 is 0 Å². The van der Waals surface area contributed by atoms with Crippen LogP contribution in [0.1, 0.15) is 12.8 Å². The number of benzene rings is 1. The fourth-order valence-electron chi connectivity index (χ4n) is 2.51. The van der Waals surface area contributed by atoms with Gasteiger partial charge in [-0.05, 0) is 50.2 Å². The van der Waals surface area contributed by atoms with Crippen molar-refractivity contribution in [2.75, 3.05) is 37.7 Å². The normalized spacial score (nSPS) is 15.4.